The minimum atomic E-state index is -1.13. The second-order valence-corrected chi connectivity index (χ2v) is 13.4. The van der Waals surface area contributed by atoms with Gasteiger partial charge in [-0.2, -0.15) is 0 Å². The van der Waals surface area contributed by atoms with Gasteiger partial charge in [0.1, 0.15) is 12.6 Å². The summed E-state index contributed by atoms with van der Waals surface area (Å²) < 4.78 is 17.0. The Morgan fingerprint density at radius 2 is 1.10 bits per heavy atom. The number of rotatable bonds is 32. The fourth-order valence-electron chi connectivity index (χ4n) is 5.08. The molecule has 0 aromatic carbocycles. The summed E-state index contributed by atoms with van der Waals surface area (Å²) >= 11 is 0. The zero-order valence-electron chi connectivity index (χ0n) is 31.1. The van der Waals surface area contributed by atoms with E-state index in [0.29, 0.717) is 12.8 Å². The molecule has 0 radical (unpaired) electrons. The van der Waals surface area contributed by atoms with Crippen LogP contribution in [0.25, 0.3) is 0 Å². The molecule has 0 aromatic rings. The number of carbonyl (C=O) groups excluding carboxylic acids is 3. The number of allylic oxidation sites excluding steroid dienone is 8. The maximum absolute atomic E-state index is 12.6. The summed E-state index contributed by atoms with van der Waals surface area (Å²) in [6, 6.07) is -0.729. The van der Waals surface area contributed by atoms with Gasteiger partial charge in [-0.1, -0.05) is 101 Å². The van der Waals surface area contributed by atoms with Gasteiger partial charge < -0.3 is 28.6 Å². The average molecular weight is 676 g/mol. The van der Waals surface area contributed by atoms with Crippen molar-refractivity contribution in [2.45, 2.75) is 148 Å². The van der Waals surface area contributed by atoms with E-state index in [-0.39, 0.29) is 42.7 Å². The molecule has 0 bridgehead atoms. The van der Waals surface area contributed by atoms with E-state index in [9.17, 15) is 19.5 Å². The average Bonchev–Trinajstić information content (AvgIpc) is 3.03. The van der Waals surface area contributed by atoms with Crippen molar-refractivity contribution in [2.24, 2.45) is 0 Å². The van der Waals surface area contributed by atoms with Crippen LogP contribution in [0, 0.1) is 0 Å². The Morgan fingerprint density at radius 1 is 0.625 bits per heavy atom. The molecule has 2 atom stereocenters. The molecular formula is C40H69NO7. The van der Waals surface area contributed by atoms with Crippen LogP contribution in [0.1, 0.15) is 136 Å². The van der Waals surface area contributed by atoms with Crippen LogP contribution >= 0.6 is 0 Å². The van der Waals surface area contributed by atoms with Gasteiger partial charge in [0.05, 0.1) is 40.3 Å². The highest BCUT2D eigenvalue weighted by Gasteiger charge is 2.25. The number of aliphatic carboxylic acids is 1. The Bertz CT molecular complexity index is 932. The lowest BCUT2D eigenvalue weighted by atomic mass is 10.1. The number of ether oxygens (including phenoxy) is 3. The van der Waals surface area contributed by atoms with Crippen LogP contribution in [0.15, 0.2) is 48.6 Å². The highest BCUT2D eigenvalue weighted by molar-refractivity contribution is 5.70. The van der Waals surface area contributed by atoms with Crippen LogP contribution in [0.3, 0.4) is 0 Å². The van der Waals surface area contributed by atoms with Crippen LogP contribution < -0.4 is 5.11 Å². The molecule has 0 rings (SSSR count). The van der Waals surface area contributed by atoms with E-state index >= 15 is 0 Å². The molecule has 0 amide bonds. The zero-order chi connectivity index (χ0) is 35.7. The summed E-state index contributed by atoms with van der Waals surface area (Å²) in [5, 5.41) is 11.6. The van der Waals surface area contributed by atoms with Gasteiger partial charge >= 0.3 is 11.9 Å². The first-order valence-electron chi connectivity index (χ1n) is 18.7. The van der Waals surface area contributed by atoms with Crippen molar-refractivity contribution < 1.29 is 38.2 Å². The smallest absolute Gasteiger partial charge is 0.306 e. The van der Waals surface area contributed by atoms with E-state index in [1.165, 1.54) is 0 Å². The fourth-order valence-corrected chi connectivity index (χ4v) is 5.08. The van der Waals surface area contributed by atoms with E-state index in [1.807, 2.05) is 0 Å². The standard InChI is InChI=1S/C40H69NO7/c1-6-8-10-12-14-16-18-20-22-24-26-28-30-38(42)47-35-36(34-46-33-32-37(40(44)45)41(3,4)5)48-39(43)31-29-27-25-23-21-19-17-15-13-11-9-7-2/h8-11,14-17,36-37H,6-7,12-13,18-35H2,1-5H3/b10-8+,11-9+,16-14+,17-15+. The van der Waals surface area contributed by atoms with Crippen molar-refractivity contribution >= 4 is 17.9 Å². The number of carboxylic acids is 1. The molecule has 0 saturated heterocycles. The molecule has 48 heavy (non-hydrogen) atoms. The second-order valence-electron chi connectivity index (χ2n) is 13.4. The summed E-state index contributed by atoms with van der Waals surface area (Å²) in [6.45, 7) is 4.38. The van der Waals surface area contributed by atoms with Gasteiger partial charge in [-0.15, -0.1) is 0 Å². The van der Waals surface area contributed by atoms with Crippen LogP contribution in [-0.2, 0) is 28.6 Å². The van der Waals surface area contributed by atoms with Gasteiger partial charge in [0.15, 0.2) is 6.10 Å². The molecule has 8 nitrogen and oxygen atoms in total. The van der Waals surface area contributed by atoms with Crippen molar-refractivity contribution in [2.75, 3.05) is 41.0 Å². The Morgan fingerprint density at radius 3 is 1.60 bits per heavy atom. The number of hydrogen-bond acceptors (Lipinski definition) is 7. The van der Waals surface area contributed by atoms with Crippen molar-refractivity contribution in [3.63, 3.8) is 0 Å². The number of nitrogens with zero attached hydrogens (tertiary/aromatic N) is 1. The SMILES string of the molecule is CC/C=C/C/C=C/CCCCCCCC(=O)OCC(COCCC(C(=O)[O-])[N+](C)(C)C)OC(=O)CCCCCCC/C=C/C/C=C/CC. The lowest BCUT2D eigenvalue weighted by molar-refractivity contribution is -0.889. The van der Waals surface area contributed by atoms with Crippen LogP contribution in [-0.4, -0.2) is 75.5 Å². The maximum Gasteiger partial charge on any atom is 0.306 e. The Balaban J connectivity index is 4.48. The first-order valence-corrected chi connectivity index (χ1v) is 18.7. The summed E-state index contributed by atoms with van der Waals surface area (Å²) in [5.41, 5.74) is 0. The van der Waals surface area contributed by atoms with Crippen molar-refractivity contribution in [1.29, 1.82) is 0 Å². The van der Waals surface area contributed by atoms with Crippen molar-refractivity contribution in [3.8, 4) is 0 Å². The Labute approximate surface area is 293 Å². The highest BCUT2D eigenvalue weighted by Crippen LogP contribution is 2.12. The third kappa shape index (κ3) is 29.4. The summed E-state index contributed by atoms with van der Waals surface area (Å²) in [6.07, 6.45) is 34.2. The third-order valence-electron chi connectivity index (χ3n) is 7.96. The van der Waals surface area contributed by atoms with Crippen LogP contribution in [0.2, 0.25) is 0 Å². The van der Waals surface area contributed by atoms with E-state index in [1.54, 1.807) is 21.1 Å². The minimum Gasteiger partial charge on any atom is -0.544 e. The summed E-state index contributed by atoms with van der Waals surface area (Å²) in [4.78, 5) is 36.6. The normalized spacial score (nSPS) is 13.6. The summed E-state index contributed by atoms with van der Waals surface area (Å²) in [5.74, 6) is -1.78. The highest BCUT2D eigenvalue weighted by atomic mass is 16.6. The van der Waals surface area contributed by atoms with Gasteiger partial charge in [-0.05, 0) is 64.2 Å². The molecule has 0 fully saturated rings. The first kappa shape index (κ1) is 45.3. The van der Waals surface area contributed by atoms with Gasteiger partial charge in [0.25, 0.3) is 0 Å². The number of carbonyl (C=O) groups is 3. The molecule has 0 N–H and O–H groups in total. The van der Waals surface area contributed by atoms with E-state index in [4.69, 9.17) is 14.2 Å². The van der Waals surface area contributed by atoms with Gasteiger partial charge in [-0.3, -0.25) is 9.59 Å². The van der Waals surface area contributed by atoms with Crippen molar-refractivity contribution in [1.82, 2.24) is 0 Å². The number of likely N-dealkylation sites (N-methyl/N-ethyl adjacent to an activating group) is 1. The molecule has 276 valence electrons. The summed E-state index contributed by atoms with van der Waals surface area (Å²) in [7, 11) is 5.38. The topological polar surface area (TPSA) is 102 Å². The van der Waals surface area contributed by atoms with Gasteiger partial charge in [-0.25, -0.2) is 0 Å². The minimum absolute atomic E-state index is 0.0288. The van der Waals surface area contributed by atoms with Crippen LogP contribution in [0.5, 0.6) is 0 Å². The zero-order valence-corrected chi connectivity index (χ0v) is 31.1. The van der Waals surface area contributed by atoms with E-state index in [0.717, 1.165) is 103 Å². The number of unbranched alkanes of at least 4 members (excludes halogenated alkanes) is 10. The predicted octanol–water partition coefficient (Wildman–Crippen LogP) is 7.96. The maximum atomic E-state index is 12.6. The van der Waals surface area contributed by atoms with E-state index < -0.39 is 18.1 Å². The lowest BCUT2D eigenvalue weighted by Gasteiger charge is -2.34. The third-order valence-corrected chi connectivity index (χ3v) is 7.96. The largest absolute Gasteiger partial charge is 0.544 e. The molecule has 0 aromatic heterocycles. The van der Waals surface area contributed by atoms with E-state index in [2.05, 4.69) is 62.5 Å². The number of quaternary nitrogens is 1. The van der Waals surface area contributed by atoms with Crippen LogP contribution in [0.4, 0.5) is 0 Å². The van der Waals surface area contributed by atoms with Gasteiger partial charge in [0, 0.05) is 19.3 Å². The molecule has 2 unspecified atom stereocenters. The molecule has 0 aliphatic heterocycles. The second kappa shape index (κ2) is 31.6. The number of esters is 2. The number of carboxylic acid groups (broad SMARTS) is 1. The molecular weight excluding hydrogens is 606 g/mol. The molecule has 0 aliphatic rings. The monoisotopic (exact) mass is 676 g/mol. The Hall–Kier alpha value is -2.71. The predicted molar refractivity (Wildman–Crippen MR) is 194 cm³/mol. The van der Waals surface area contributed by atoms with Gasteiger partial charge in [0.2, 0.25) is 0 Å². The molecule has 0 heterocycles. The number of hydrogen-bond donors (Lipinski definition) is 0. The lowest BCUT2D eigenvalue weighted by Crippen LogP contribution is -2.55. The Kier molecular flexibility index (Phi) is 29.8. The first-order chi connectivity index (χ1) is 23.1. The fraction of sp³-hybridized carbons (Fsp3) is 0.725. The molecule has 0 aliphatic carbocycles. The molecule has 0 saturated carbocycles. The van der Waals surface area contributed by atoms with Crippen molar-refractivity contribution in [3.05, 3.63) is 48.6 Å². The molecule has 8 heteroatoms. The molecule has 0 spiro atoms. The quantitative estimate of drug-likeness (QED) is 0.0309.